The zero-order chi connectivity index (χ0) is 18.0. The molecule has 1 aliphatic heterocycles. The van der Waals surface area contributed by atoms with Crippen molar-refractivity contribution >= 4 is 6.09 Å². The van der Waals surface area contributed by atoms with Crippen LogP contribution in [0.3, 0.4) is 0 Å². The van der Waals surface area contributed by atoms with E-state index in [4.69, 9.17) is 4.74 Å². The van der Waals surface area contributed by atoms with Crippen LogP contribution in [-0.2, 0) is 18.3 Å². The first-order valence-corrected chi connectivity index (χ1v) is 9.41. The summed E-state index contributed by atoms with van der Waals surface area (Å²) in [7, 11) is 1.91. The molecule has 25 heavy (non-hydrogen) atoms. The summed E-state index contributed by atoms with van der Waals surface area (Å²) in [4.78, 5) is 18.8. The van der Waals surface area contributed by atoms with Gasteiger partial charge in [0.2, 0.25) is 0 Å². The van der Waals surface area contributed by atoms with Crippen LogP contribution in [0.5, 0.6) is 0 Å². The summed E-state index contributed by atoms with van der Waals surface area (Å²) in [5.41, 5.74) is -0.442. The maximum atomic E-state index is 12.6. The van der Waals surface area contributed by atoms with Crippen molar-refractivity contribution in [2.24, 2.45) is 13.0 Å². The van der Waals surface area contributed by atoms with Crippen molar-refractivity contribution in [2.45, 2.75) is 77.1 Å². The van der Waals surface area contributed by atoms with E-state index in [0.29, 0.717) is 12.0 Å². The van der Waals surface area contributed by atoms with Gasteiger partial charge in [-0.2, -0.15) is 5.10 Å². The van der Waals surface area contributed by atoms with Crippen LogP contribution >= 0.6 is 0 Å². The molecule has 1 saturated carbocycles. The van der Waals surface area contributed by atoms with Crippen molar-refractivity contribution in [2.75, 3.05) is 6.54 Å². The molecule has 7 heteroatoms. The molecule has 2 fully saturated rings. The second kappa shape index (κ2) is 7.32. The normalized spacial score (nSPS) is 27.0. The second-order valence-corrected chi connectivity index (χ2v) is 8.27. The fraction of sp³-hybridized carbons (Fsp3) is 0.833. The van der Waals surface area contributed by atoms with Crippen LogP contribution in [-0.4, -0.2) is 50.0 Å². The highest BCUT2D eigenvalue weighted by molar-refractivity contribution is 5.69. The second-order valence-electron chi connectivity index (χ2n) is 8.27. The molecule has 0 radical (unpaired) electrons. The number of ether oxygens (including phenoxy) is 1. The van der Waals surface area contributed by atoms with Crippen molar-refractivity contribution in [1.82, 2.24) is 25.0 Å². The van der Waals surface area contributed by atoms with E-state index in [1.165, 1.54) is 12.8 Å². The Kier molecular flexibility index (Phi) is 5.32. The first-order chi connectivity index (χ1) is 11.8. The molecule has 1 aliphatic carbocycles. The van der Waals surface area contributed by atoms with Crippen molar-refractivity contribution in [3.8, 4) is 0 Å². The number of amides is 1. The fourth-order valence-corrected chi connectivity index (χ4v) is 4.19. The number of hydrogen-bond donors (Lipinski definition) is 1. The number of nitrogens with one attached hydrogen (secondary N) is 1. The third kappa shape index (κ3) is 4.32. The number of likely N-dealkylation sites (tertiary alicyclic amines) is 1. The van der Waals surface area contributed by atoms with Gasteiger partial charge >= 0.3 is 6.09 Å². The highest BCUT2D eigenvalue weighted by Crippen LogP contribution is 2.36. The summed E-state index contributed by atoms with van der Waals surface area (Å²) in [6.07, 6.45) is 7.10. The van der Waals surface area contributed by atoms with Crippen LogP contribution in [0.15, 0.2) is 6.33 Å². The zero-order valence-electron chi connectivity index (χ0n) is 15.9. The van der Waals surface area contributed by atoms with E-state index in [1.807, 2.05) is 32.7 Å². The van der Waals surface area contributed by atoms with Crippen LogP contribution < -0.4 is 5.32 Å². The van der Waals surface area contributed by atoms with Gasteiger partial charge in [0.15, 0.2) is 0 Å². The fourth-order valence-electron chi connectivity index (χ4n) is 4.19. The summed E-state index contributed by atoms with van der Waals surface area (Å²) in [5.74, 6) is 1.43. The number of rotatable bonds is 4. The van der Waals surface area contributed by atoms with Crippen molar-refractivity contribution < 1.29 is 9.53 Å². The predicted molar refractivity (Wildman–Crippen MR) is 94.9 cm³/mol. The lowest BCUT2D eigenvalue weighted by atomic mass is 9.92. The lowest BCUT2D eigenvalue weighted by Gasteiger charge is -2.34. The predicted octanol–water partition coefficient (Wildman–Crippen LogP) is 2.47. The summed E-state index contributed by atoms with van der Waals surface area (Å²) in [5, 5.41) is 7.78. The Morgan fingerprint density at radius 2 is 2.12 bits per heavy atom. The Labute approximate surface area is 150 Å². The maximum absolute atomic E-state index is 12.6. The first-order valence-electron chi connectivity index (χ1n) is 9.41. The number of carbonyl (C=O) groups is 1. The smallest absolute Gasteiger partial charge is 0.410 e. The monoisotopic (exact) mass is 349 g/mol. The topological polar surface area (TPSA) is 72.3 Å². The summed E-state index contributed by atoms with van der Waals surface area (Å²) in [6, 6.07) is 0.707. The summed E-state index contributed by atoms with van der Waals surface area (Å²) < 4.78 is 7.43. The van der Waals surface area contributed by atoms with Crippen LogP contribution in [0.4, 0.5) is 4.79 Å². The highest BCUT2D eigenvalue weighted by atomic mass is 16.6. The summed E-state index contributed by atoms with van der Waals surface area (Å²) in [6.45, 7) is 7.31. The van der Waals surface area contributed by atoms with Gasteiger partial charge in [-0.1, -0.05) is 6.42 Å². The van der Waals surface area contributed by atoms with Gasteiger partial charge < -0.3 is 15.0 Å². The van der Waals surface area contributed by atoms with Crippen LogP contribution in [0.2, 0.25) is 0 Å². The Balaban J connectivity index is 1.62. The van der Waals surface area contributed by atoms with Crippen molar-refractivity contribution in [1.29, 1.82) is 0 Å². The first kappa shape index (κ1) is 18.2. The summed E-state index contributed by atoms with van der Waals surface area (Å²) >= 11 is 0. The van der Waals surface area contributed by atoms with Crippen molar-refractivity contribution in [3.05, 3.63) is 12.2 Å². The van der Waals surface area contributed by atoms with Gasteiger partial charge in [-0.15, -0.1) is 0 Å². The molecule has 0 aromatic carbocycles. The number of hydrogen-bond acceptors (Lipinski definition) is 5. The van der Waals surface area contributed by atoms with Gasteiger partial charge in [-0.05, 0) is 52.4 Å². The third-order valence-corrected chi connectivity index (χ3v) is 5.32. The standard InChI is InChI=1S/C18H31N5O2/c1-18(2,3)25-17(24)23-10-6-9-15(23)13-7-5-8-14(13)19-11-16-20-12-21-22(16)4/h12-15,19H,5-11H2,1-4H3/t13-,14+,15+/m0/s1. The molecule has 1 N–H and O–H groups in total. The Morgan fingerprint density at radius 3 is 2.80 bits per heavy atom. The number of nitrogens with zero attached hydrogens (tertiary/aromatic N) is 4. The van der Waals surface area contributed by atoms with Gasteiger partial charge in [0, 0.05) is 25.7 Å². The minimum absolute atomic E-state index is 0.158. The Hall–Kier alpha value is -1.63. The van der Waals surface area contributed by atoms with E-state index in [9.17, 15) is 4.79 Å². The van der Waals surface area contributed by atoms with E-state index in [1.54, 1.807) is 11.0 Å². The largest absolute Gasteiger partial charge is 0.444 e. The SMILES string of the molecule is Cn1ncnc1CN[C@@H]1CCC[C@@H]1[C@H]1CCCN1C(=O)OC(C)(C)C. The van der Waals surface area contributed by atoms with Crippen LogP contribution in [0.25, 0.3) is 0 Å². The minimum Gasteiger partial charge on any atom is -0.444 e. The number of aryl methyl sites for hydroxylation is 1. The average molecular weight is 349 g/mol. The quantitative estimate of drug-likeness (QED) is 0.904. The number of carbonyl (C=O) groups excluding carboxylic acids is 1. The molecule has 3 atom stereocenters. The van der Waals surface area contributed by atoms with Gasteiger partial charge in [-0.3, -0.25) is 4.68 Å². The van der Waals surface area contributed by atoms with E-state index >= 15 is 0 Å². The molecule has 1 aromatic rings. The van der Waals surface area contributed by atoms with Crippen LogP contribution in [0, 0.1) is 5.92 Å². The molecule has 1 saturated heterocycles. The Bertz CT molecular complexity index is 595. The lowest BCUT2D eigenvalue weighted by molar-refractivity contribution is 0.0166. The van der Waals surface area contributed by atoms with Crippen molar-refractivity contribution in [3.63, 3.8) is 0 Å². The molecule has 140 valence electrons. The molecule has 0 bridgehead atoms. The lowest BCUT2D eigenvalue weighted by Crippen LogP contribution is -2.47. The zero-order valence-corrected chi connectivity index (χ0v) is 15.9. The molecule has 0 spiro atoms. The molecule has 1 aromatic heterocycles. The average Bonchev–Trinajstić information content (AvgIpc) is 3.23. The van der Waals surface area contributed by atoms with Gasteiger partial charge in [0.1, 0.15) is 17.8 Å². The molecular weight excluding hydrogens is 318 g/mol. The highest BCUT2D eigenvalue weighted by Gasteiger charge is 2.41. The molecule has 7 nitrogen and oxygen atoms in total. The van der Waals surface area contributed by atoms with E-state index < -0.39 is 5.60 Å². The molecular formula is C18H31N5O2. The van der Waals surface area contributed by atoms with E-state index in [-0.39, 0.29) is 12.1 Å². The van der Waals surface area contributed by atoms with Gasteiger partial charge in [-0.25, -0.2) is 9.78 Å². The van der Waals surface area contributed by atoms with Gasteiger partial charge in [0.25, 0.3) is 0 Å². The van der Waals surface area contributed by atoms with E-state index in [2.05, 4.69) is 15.4 Å². The molecule has 2 heterocycles. The molecule has 3 rings (SSSR count). The minimum atomic E-state index is -0.442. The molecule has 2 aliphatic rings. The Morgan fingerprint density at radius 1 is 1.32 bits per heavy atom. The molecule has 1 amide bonds. The number of aromatic nitrogens is 3. The van der Waals surface area contributed by atoms with Crippen LogP contribution in [0.1, 0.15) is 58.7 Å². The molecule has 0 unspecified atom stereocenters. The third-order valence-electron chi connectivity index (χ3n) is 5.32. The maximum Gasteiger partial charge on any atom is 0.410 e. The van der Waals surface area contributed by atoms with Gasteiger partial charge in [0.05, 0.1) is 6.54 Å². The van der Waals surface area contributed by atoms with E-state index in [0.717, 1.165) is 38.2 Å².